The van der Waals surface area contributed by atoms with Gasteiger partial charge in [-0.2, -0.15) is 0 Å². The summed E-state index contributed by atoms with van der Waals surface area (Å²) in [7, 11) is 0. The van der Waals surface area contributed by atoms with Gasteiger partial charge in [-0.15, -0.1) is 0 Å². The molecule has 190 valence electrons. The highest BCUT2D eigenvalue weighted by Gasteiger charge is 2.32. The first-order chi connectivity index (χ1) is 15.8. The number of carboxylic acids is 1. The Morgan fingerprint density at radius 3 is 2.06 bits per heavy atom. The number of amides is 4. The second kappa shape index (κ2) is 13.3. The van der Waals surface area contributed by atoms with Gasteiger partial charge in [0.1, 0.15) is 18.1 Å². The molecular formula is C21H35N7O6. The Morgan fingerprint density at radius 2 is 1.59 bits per heavy atom. The van der Waals surface area contributed by atoms with Crippen LogP contribution >= 0.6 is 0 Å². The number of aromatic nitrogens is 2. The average molecular weight is 482 g/mol. The van der Waals surface area contributed by atoms with Gasteiger partial charge in [-0.25, -0.2) is 9.78 Å². The van der Waals surface area contributed by atoms with Crippen LogP contribution in [-0.2, 0) is 30.4 Å². The third-order valence-electron chi connectivity index (χ3n) is 4.94. The lowest BCUT2D eigenvalue weighted by molar-refractivity contribution is -0.143. The molecule has 0 radical (unpaired) electrons. The summed E-state index contributed by atoms with van der Waals surface area (Å²) in [6.07, 6.45) is 2.71. The van der Waals surface area contributed by atoms with Crippen molar-refractivity contribution in [3.63, 3.8) is 0 Å². The average Bonchev–Trinajstić information content (AvgIpc) is 3.22. The summed E-state index contributed by atoms with van der Waals surface area (Å²) in [5.74, 6) is -4.70. The van der Waals surface area contributed by atoms with Gasteiger partial charge in [0.25, 0.3) is 0 Å². The molecule has 4 atom stereocenters. The number of aromatic amines is 1. The Labute approximate surface area is 197 Å². The molecule has 1 aromatic heterocycles. The predicted molar refractivity (Wildman–Crippen MR) is 122 cm³/mol. The fourth-order valence-corrected chi connectivity index (χ4v) is 3.16. The molecule has 0 bridgehead atoms. The molecule has 0 aliphatic heterocycles. The maximum Gasteiger partial charge on any atom is 0.326 e. The molecule has 1 rings (SSSR count). The summed E-state index contributed by atoms with van der Waals surface area (Å²) in [5, 5.41) is 16.7. The first-order valence-electron chi connectivity index (χ1n) is 11.0. The Bertz CT molecular complexity index is 856. The molecule has 0 aliphatic carbocycles. The number of nitrogens with zero attached hydrogens (tertiary/aromatic N) is 1. The monoisotopic (exact) mass is 481 g/mol. The Balaban J connectivity index is 2.95. The van der Waals surface area contributed by atoms with E-state index in [1.54, 1.807) is 13.8 Å². The number of H-pyrrole nitrogens is 1. The highest BCUT2D eigenvalue weighted by molar-refractivity contribution is 5.96. The van der Waals surface area contributed by atoms with E-state index in [0.717, 1.165) is 0 Å². The van der Waals surface area contributed by atoms with E-state index < -0.39 is 66.1 Å². The van der Waals surface area contributed by atoms with E-state index in [1.807, 2.05) is 13.8 Å². The fourth-order valence-electron chi connectivity index (χ4n) is 3.16. The molecule has 0 aliphatic rings. The topological polar surface area (TPSA) is 222 Å². The van der Waals surface area contributed by atoms with Crippen molar-refractivity contribution in [2.24, 2.45) is 23.3 Å². The molecule has 4 amide bonds. The molecule has 13 nitrogen and oxygen atoms in total. The van der Waals surface area contributed by atoms with Crippen LogP contribution in [0.4, 0.5) is 0 Å². The number of nitrogens with two attached hydrogens (primary N) is 2. The summed E-state index contributed by atoms with van der Waals surface area (Å²) in [4.78, 5) is 67.8. The lowest BCUT2D eigenvalue weighted by atomic mass is 10.00. The van der Waals surface area contributed by atoms with Crippen LogP contribution in [0.25, 0.3) is 0 Å². The molecule has 4 unspecified atom stereocenters. The van der Waals surface area contributed by atoms with Crippen molar-refractivity contribution >= 4 is 29.6 Å². The Hall–Kier alpha value is -3.48. The van der Waals surface area contributed by atoms with E-state index in [9.17, 15) is 29.1 Å². The van der Waals surface area contributed by atoms with Gasteiger partial charge in [0.2, 0.25) is 23.6 Å². The number of nitrogens with one attached hydrogen (secondary N) is 4. The minimum absolute atomic E-state index is 0.0367. The first-order valence-corrected chi connectivity index (χ1v) is 11.0. The van der Waals surface area contributed by atoms with Gasteiger partial charge >= 0.3 is 5.97 Å². The molecule has 0 saturated carbocycles. The largest absolute Gasteiger partial charge is 0.480 e. The Kier molecular flexibility index (Phi) is 11.2. The van der Waals surface area contributed by atoms with E-state index in [1.165, 1.54) is 12.5 Å². The number of rotatable bonds is 14. The second-order valence-electron chi connectivity index (χ2n) is 8.88. The van der Waals surface area contributed by atoms with Crippen LogP contribution in [-0.4, -0.2) is 68.8 Å². The van der Waals surface area contributed by atoms with Crippen molar-refractivity contribution < 1.29 is 29.1 Å². The van der Waals surface area contributed by atoms with Gasteiger partial charge in [0, 0.05) is 18.3 Å². The van der Waals surface area contributed by atoms with Crippen LogP contribution < -0.4 is 27.4 Å². The van der Waals surface area contributed by atoms with Crippen molar-refractivity contribution in [2.75, 3.05) is 0 Å². The quantitative estimate of drug-likeness (QED) is 0.163. The zero-order valence-corrected chi connectivity index (χ0v) is 19.8. The van der Waals surface area contributed by atoms with Crippen LogP contribution in [0.2, 0.25) is 0 Å². The normalized spacial score (nSPS) is 14.7. The van der Waals surface area contributed by atoms with Crippen LogP contribution in [0.15, 0.2) is 12.5 Å². The molecule has 0 spiro atoms. The van der Waals surface area contributed by atoms with Crippen LogP contribution in [0.5, 0.6) is 0 Å². The summed E-state index contributed by atoms with van der Waals surface area (Å²) in [5.41, 5.74) is 11.7. The number of carbonyl (C=O) groups is 5. The van der Waals surface area contributed by atoms with Crippen molar-refractivity contribution in [3.05, 3.63) is 18.2 Å². The standard InChI is InChI=1S/C21H35N7O6/c1-10(2)5-14(20(32)28-17(11(3)4)21(33)34)27-19(31)15(7-16(23)29)26-18(30)13(22)6-12-8-24-9-25-12/h8-11,13-15,17H,5-7,22H2,1-4H3,(H2,23,29)(H,24,25)(H,26,30)(H,27,31)(H,28,32)(H,33,34). The third-order valence-corrected chi connectivity index (χ3v) is 4.94. The number of aliphatic carboxylic acids is 1. The third kappa shape index (κ3) is 9.57. The summed E-state index contributed by atoms with van der Waals surface area (Å²) in [6, 6.07) is -4.67. The highest BCUT2D eigenvalue weighted by Crippen LogP contribution is 2.09. The molecule has 0 saturated heterocycles. The van der Waals surface area contributed by atoms with E-state index in [2.05, 4.69) is 25.9 Å². The van der Waals surface area contributed by atoms with Gasteiger partial charge in [-0.1, -0.05) is 27.7 Å². The van der Waals surface area contributed by atoms with Gasteiger partial charge in [-0.3, -0.25) is 19.2 Å². The molecule has 34 heavy (non-hydrogen) atoms. The number of hydrogen-bond acceptors (Lipinski definition) is 7. The minimum Gasteiger partial charge on any atom is -0.480 e. The second-order valence-corrected chi connectivity index (χ2v) is 8.88. The molecule has 1 aromatic rings. The first kappa shape index (κ1) is 28.6. The van der Waals surface area contributed by atoms with E-state index in [-0.39, 0.29) is 18.8 Å². The van der Waals surface area contributed by atoms with Gasteiger partial charge in [0.15, 0.2) is 0 Å². The van der Waals surface area contributed by atoms with Gasteiger partial charge in [-0.05, 0) is 18.3 Å². The van der Waals surface area contributed by atoms with Gasteiger partial charge < -0.3 is 37.5 Å². The lowest BCUT2D eigenvalue weighted by Gasteiger charge is -2.26. The molecule has 0 fully saturated rings. The van der Waals surface area contributed by atoms with Crippen LogP contribution in [0.1, 0.15) is 46.2 Å². The van der Waals surface area contributed by atoms with Gasteiger partial charge in [0.05, 0.1) is 18.8 Å². The van der Waals surface area contributed by atoms with Crippen molar-refractivity contribution in [2.45, 2.75) is 71.1 Å². The molecular weight excluding hydrogens is 446 g/mol. The smallest absolute Gasteiger partial charge is 0.326 e. The van der Waals surface area contributed by atoms with Crippen LogP contribution in [0, 0.1) is 11.8 Å². The van der Waals surface area contributed by atoms with Crippen molar-refractivity contribution in [1.29, 1.82) is 0 Å². The van der Waals surface area contributed by atoms with Crippen LogP contribution in [0.3, 0.4) is 0 Å². The summed E-state index contributed by atoms with van der Waals surface area (Å²) in [6.45, 7) is 6.92. The Morgan fingerprint density at radius 1 is 1.00 bits per heavy atom. The fraction of sp³-hybridized carbons (Fsp3) is 0.619. The predicted octanol–water partition coefficient (Wildman–Crippen LogP) is -1.60. The summed E-state index contributed by atoms with van der Waals surface area (Å²) >= 11 is 0. The number of carbonyl (C=O) groups excluding carboxylic acids is 4. The molecule has 13 heteroatoms. The molecule has 9 N–H and O–H groups in total. The van der Waals surface area contributed by atoms with Crippen molar-refractivity contribution in [3.8, 4) is 0 Å². The maximum atomic E-state index is 12.9. The summed E-state index contributed by atoms with van der Waals surface area (Å²) < 4.78 is 0. The maximum absolute atomic E-state index is 12.9. The zero-order valence-electron chi connectivity index (χ0n) is 19.8. The van der Waals surface area contributed by atoms with E-state index >= 15 is 0 Å². The number of hydrogen-bond donors (Lipinski definition) is 7. The number of primary amides is 1. The molecule has 1 heterocycles. The van der Waals surface area contributed by atoms with Crippen molar-refractivity contribution in [1.82, 2.24) is 25.9 Å². The minimum atomic E-state index is -1.37. The van der Waals surface area contributed by atoms with E-state index in [0.29, 0.717) is 5.69 Å². The number of carboxylic acid groups (broad SMARTS) is 1. The number of imidazole rings is 1. The zero-order chi connectivity index (χ0) is 26.0. The van der Waals surface area contributed by atoms with E-state index in [4.69, 9.17) is 11.5 Å². The SMILES string of the molecule is CC(C)CC(NC(=O)C(CC(N)=O)NC(=O)C(N)Cc1cnc[nH]1)C(=O)NC(C(=O)O)C(C)C. The lowest BCUT2D eigenvalue weighted by Crippen LogP contribution is -2.58. The molecule has 0 aromatic carbocycles. The highest BCUT2D eigenvalue weighted by atomic mass is 16.4.